The van der Waals surface area contributed by atoms with Crippen molar-refractivity contribution in [1.82, 2.24) is 0 Å². The van der Waals surface area contributed by atoms with E-state index < -0.39 is 0 Å². The van der Waals surface area contributed by atoms with Gasteiger partial charge in [-0.05, 0) is 43.5 Å². The van der Waals surface area contributed by atoms with Crippen LogP contribution < -0.4 is 4.74 Å². The first-order chi connectivity index (χ1) is 9.51. The van der Waals surface area contributed by atoms with Crippen LogP contribution in [-0.4, -0.2) is 7.11 Å². The second-order valence-electron chi connectivity index (χ2n) is 5.00. The molecule has 0 N–H and O–H groups in total. The lowest BCUT2D eigenvalue weighted by Gasteiger charge is -2.16. The summed E-state index contributed by atoms with van der Waals surface area (Å²) in [6.07, 6.45) is 0.938. The largest absolute Gasteiger partial charge is 0.496 e. The molecule has 1 nitrogen and oxygen atoms in total. The van der Waals surface area contributed by atoms with Crippen LogP contribution in [0.4, 0.5) is 0 Å². The van der Waals surface area contributed by atoms with Gasteiger partial charge in [-0.1, -0.05) is 61.7 Å². The van der Waals surface area contributed by atoms with Crippen LogP contribution in [0.25, 0.3) is 0 Å². The summed E-state index contributed by atoms with van der Waals surface area (Å²) in [5, 5.41) is 0. The number of hydrogen-bond donors (Lipinski definition) is 0. The maximum absolute atomic E-state index is 5.51. The van der Waals surface area contributed by atoms with E-state index in [9.17, 15) is 0 Å². The van der Waals surface area contributed by atoms with Crippen molar-refractivity contribution in [1.29, 1.82) is 0 Å². The minimum Gasteiger partial charge on any atom is -0.496 e. The first-order valence-corrected chi connectivity index (χ1v) is 8.25. The predicted octanol–water partition coefficient (Wildman–Crippen LogP) is 5.75. The van der Waals surface area contributed by atoms with E-state index in [2.05, 4.69) is 82.1 Å². The molecule has 0 saturated carbocycles. The Morgan fingerprint density at radius 2 is 1.90 bits per heavy atom. The Morgan fingerprint density at radius 3 is 2.55 bits per heavy atom. The molecule has 0 fully saturated rings. The molecule has 1 atom stereocenters. The first-order valence-electron chi connectivity index (χ1n) is 6.55. The van der Waals surface area contributed by atoms with E-state index >= 15 is 0 Å². The van der Waals surface area contributed by atoms with E-state index in [1.165, 1.54) is 22.3 Å². The lowest BCUT2D eigenvalue weighted by Crippen LogP contribution is -2.00. The normalized spacial score (nSPS) is 12.2. The second kappa shape index (κ2) is 6.77. The first kappa shape index (κ1) is 15.6. The Kier molecular flexibility index (Phi) is 5.28. The molecule has 0 spiro atoms. The highest BCUT2D eigenvalue weighted by molar-refractivity contribution is 9.10. The summed E-state index contributed by atoms with van der Waals surface area (Å²) in [6, 6.07) is 12.8. The molecule has 2 aromatic carbocycles. The molecule has 0 aliphatic rings. The molecule has 3 heteroatoms. The zero-order chi connectivity index (χ0) is 14.7. The maximum atomic E-state index is 5.51. The fourth-order valence-electron chi connectivity index (χ4n) is 2.25. The molecule has 0 aliphatic heterocycles. The van der Waals surface area contributed by atoms with Gasteiger partial charge in [-0.15, -0.1) is 0 Å². The van der Waals surface area contributed by atoms with Crippen LogP contribution in [0.2, 0.25) is 0 Å². The van der Waals surface area contributed by atoms with E-state index in [-0.39, 0.29) is 4.83 Å². The third kappa shape index (κ3) is 3.64. The monoisotopic (exact) mass is 396 g/mol. The van der Waals surface area contributed by atoms with Gasteiger partial charge in [-0.3, -0.25) is 0 Å². The summed E-state index contributed by atoms with van der Waals surface area (Å²) in [5.41, 5.74) is 4.97. The molecule has 0 amide bonds. The highest BCUT2D eigenvalue weighted by Crippen LogP contribution is 2.37. The van der Waals surface area contributed by atoms with Gasteiger partial charge in [0, 0.05) is 14.9 Å². The molecule has 2 rings (SSSR count). The highest BCUT2D eigenvalue weighted by atomic mass is 79.9. The summed E-state index contributed by atoms with van der Waals surface area (Å²) in [5.74, 6) is 0.931. The van der Waals surface area contributed by atoms with Gasteiger partial charge in [0.15, 0.2) is 0 Å². The van der Waals surface area contributed by atoms with E-state index in [1.807, 2.05) is 0 Å². The van der Waals surface area contributed by atoms with Crippen LogP contribution in [0, 0.1) is 13.8 Å². The molecular weight excluding hydrogens is 380 g/mol. The number of methoxy groups -OCH3 is 1. The quantitative estimate of drug-likeness (QED) is 0.596. The predicted molar refractivity (Wildman–Crippen MR) is 92.0 cm³/mol. The average Bonchev–Trinajstić information content (AvgIpc) is 2.41. The molecule has 0 saturated heterocycles. The standard InChI is InChI=1S/C17H18Br2O/c1-11-5-4-6-13(7-11)9-16(19)14-10-15(18)12(2)8-17(14)20-3/h4-8,10,16H,9H2,1-3H3. The molecule has 0 aliphatic carbocycles. The van der Waals surface area contributed by atoms with Crippen molar-refractivity contribution < 1.29 is 4.74 Å². The third-order valence-electron chi connectivity index (χ3n) is 3.35. The fraction of sp³-hybridized carbons (Fsp3) is 0.294. The Bertz CT molecular complexity index is 608. The number of hydrogen-bond acceptors (Lipinski definition) is 1. The van der Waals surface area contributed by atoms with Gasteiger partial charge in [0.2, 0.25) is 0 Å². The minimum atomic E-state index is 0.233. The van der Waals surface area contributed by atoms with Gasteiger partial charge in [-0.2, -0.15) is 0 Å². The number of aryl methyl sites for hydroxylation is 2. The summed E-state index contributed by atoms with van der Waals surface area (Å²) < 4.78 is 6.63. The zero-order valence-corrected chi connectivity index (χ0v) is 15.1. The van der Waals surface area contributed by atoms with Gasteiger partial charge < -0.3 is 4.74 Å². The van der Waals surface area contributed by atoms with Crippen LogP contribution in [0.15, 0.2) is 40.9 Å². The van der Waals surface area contributed by atoms with Gasteiger partial charge in [0.25, 0.3) is 0 Å². The Balaban J connectivity index is 2.29. The molecule has 0 heterocycles. The molecular formula is C17H18Br2O. The summed E-state index contributed by atoms with van der Waals surface area (Å²) >= 11 is 7.40. The molecule has 106 valence electrons. The molecule has 2 aromatic rings. The van der Waals surface area contributed by atoms with Gasteiger partial charge in [0.05, 0.1) is 7.11 Å². The van der Waals surface area contributed by atoms with Crippen molar-refractivity contribution in [2.24, 2.45) is 0 Å². The fourth-order valence-corrected chi connectivity index (χ4v) is 3.34. The number of alkyl halides is 1. The second-order valence-corrected chi connectivity index (χ2v) is 6.96. The van der Waals surface area contributed by atoms with Crippen LogP contribution >= 0.6 is 31.9 Å². The molecule has 0 radical (unpaired) electrons. The SMILES string of the molecule is COc1cc(C)c(Br)cc1C(Br)Cc1cccc(C)c1. The summed E-state index contributed by atoms with van der Waals surface area (Å²) in [4.78, 5) is 0.233. The van der Waals surface area contributed by atoms with E-state index in [0.717, 1.165) is 16.6 Å². The number of benzene rings is 2. The number of ether oxygens (including phenoxy) is 1. The van der Waals surface area contributed by atoms with Crippen molar-refractivity contribution in [3.05, 3.63) is 63.1 Å². The van der Waals surface area contributed by atoms with Crippen LogP contribution in [0.5, 0.6) is 5.75 Å². The van der Waals surface area contributed by atoms with Crippen LogP contribution in [-0.2, 0) is 6.42 Å². The highest BCUT2D eigenvalue weighted by Gasteiger charge is 2.15. The average molecular weight is 398 g/mol. The number of halogens is 2. The lowest BCUT2D eigenvalue weighted by molar-refractivity contribution is 0.409. The molecule has 0 aromatic heterocycles. The summed E-state index contributed by atoms with van der Waals surface area (Å²) in [7, 11) is 1.72. The topological polar surface area (TPSA) is 9.23 Å². The van der Waals surface area contributed by atoms with Crippen molar-refractivity contribution in [2.45, 2.75) is 25.1 Å². The zero-order valence-electron chi connectivity index (χ0n) is 11.9. The minimum absolute atomic E-state index is 0.233. The Morgan fingerprint density at radius 1 is 1.15 bits per heavy atom. The smallest absolute Gasteiger partial charge is 0.123 e. The summed E-state index contributed by atoms with van der Waals surface area (Å²) in [6.45, 7) is 4.19. The van der Waals surface area contributed by atoms with E-state index in [0.29, 0.717) is 0 Å². The maximum Gasteiger partial charge on any atom is 0.123 e. The molecule has 20 heavy (non-hydrogen) atoms. The number of rotatable bonds is 4. The van der Waals surface area contributed by atoms with Crippen LogP contribution in [0.1, 0.15) is 27.1 Å². The Labute approximate surface area is 137 Å². The van der Waals surface area contributed by atoms with Crippen molar-refractivity contribution >= 4 is 31.9 Å². The van der Waals surface area contributed by atoms with E-state index in [4.69, 9.17) is 4.74 Å². The molecule has 0 bridgehead atoms. The van der Waals surface area contributed by atoms with Crippen molar-refractivity contribution in [2.75, 3.05) is 7.11 Å². The lowest BCUT2D eigenvalue weighted by atomic mass is 10.0. The third-order valence-corrected chi connectivity index (χ3v) is 5.02. The van der Waals surface area contributed by atoms with Crippen molar-refractivity contribution in [3.8, 4) is 5.75 Å². The van der Waals surface area contributed by atoms with Crippen LogP contribution in [0.3, 0.4) is 0 Å². The van der Waals surface area contributed by atoms with Gasteiger partial charge >= 0.3 is 0 Å². The van der Waals surface area contributed by atoms with E-state index in [1.54, 1.807) is 7.11 Å². The van der Waals surface area contributed by atoms with Gasteiger partial charge in [0.1, 0.15) is 5.75 Å². The Hall–Kier alpha value is -0.800. The van der Waals surface area contributed by atoms with Gasteiger partial charge in [-0.25, -0.2) is 0 Å². The van der Waals surface area contributed by atoms with Crippen molar-refractivity contribution in [3.63, 3.8) is 0 Å². The molecule has 1 unspecified atom stereocenters.